The molecule has 5 heteroatoms. The highest BCUT2D eigenvalue weighted by molar-refractivity contribution is 6.32. The largest absolute Gasteiger partial charge is 0.339 e. The van der Waals surface area contributed by atoms with Gasteiger partial charge in [0.2, 0.25) is 0 Å². The number of pyridine rings is 1. The van der Waals surface area contributed by atoms with E-state index in [1.807, 2.05) is 0 Å². The zero-order valence-corrected chi connectivity index (χ0v) is 12.5. The summed E-state index contributed by atoms with van der Waals surface area (Å²) in [4.78, 5) is 17.9. The van der Waals surface area contributed by atoms with Crippen LogP contribution in [0.5, 0.6) is 0 Å². The first-order chi connectivity index (χ1) is 9.61. The molecule has 1 unspecified atom stereocenters. The minimum absolute atomic E-state index is 0.0748. The number of amides is 1. The molecule has 20 heavy (non-hydrogen) atoms. The number of halogens is 2. The number of hydrogen-bond acceptors (Lipinski definition) is 2. The minimum Gasteiger partial charge on any atom is -0.339 e. The third-order valence-corrected chi connectivity index (χ3v) is 4.17. The van der Waals surface area contributed by atoms with Gasteiger partial charge in [0.25, 0.3) is 5.91 Å². The third-order valence-electron chi connectivity index (χ3n) is 3.87. The maximum Gasteiger partial charge on any atom is 0.257 e. The Morgan fingerprint density at radius 2 is 2.30 bits per heavy atom. The van der Waals surface area contributed by atoms with Gasteiger partial charge in [-0.15, -0.1) is 0 Å². The lowest BCUT2D eigenvalue weighted by Gasteiger charge is -2.21. The van der Waals surface area contributed by atoms with Crippen molar-refractivity contribution < 1.29 is 9.18 Å². The summed E-state index contributed by atoms with van der Waals surface area (Å²) in [5.74, 6) is -0.0468. The molecule has 1 aliphatic rings. The second-order valence-corrected chi connectivity index (χ2v) is 5.73. The summed E-state index contributed by atoms with van der Waals surface area (Å²) in [6.07, 6.45) is 6.59. The van der Waals surface area contributed by atoms with Gasteiger partial charge in [-0.3, -0.25) is 4.79 Å². The highest BCUT2D eigenvalue weighted by Crippen LogP contribution is 2.24. The van der Waals surface area contributed by atoms with Gasteiger partial charge in [0.05, 0.1) is 11.8 Å². The van der Waals surface area contributed by atoms with Gasteiger partial charge < -0.3 is 4.90 Å². The third kappa shape index (κ3) is 3.69. The van der Waals surface area contributed by atoms with Gasteiger partial charge in [0.1, 0.15) is 11.0 Å². The van der Waals surface area contributed by atoms with Crippen LogP contribution < -0.4 is 0 Å². The standard InChI is InChI=1S/C15H20ClFN2O/c1-2-4-11-5-3-7-19(8-6-11)15(20)13-9-12(17)10-18-14(13)16/h9-11H,2-8H2,1H3. The Kier molecular flexibility index (Phi) is 5.35. The Hall–Kier alpha value is -1.16. The number of rotatable bonds is 3. The average Bonchev–Trinajstić information content (AvgIpc) is 2.67. The molecular formula is C15H20ClFN2O. The Morgan fingerprint density at radius 3 is 3.05 bits per heavy atom. The predicted octanol–water partition coefficient (Wildman–Crippen LogP) is 3.92. The van der Waals surface area contributed by atoms with Crippen molar-refractivity contribution in [2.45, 2.75) is 39.0 Å². The summed E-state index contributed by atoms with van der Waals surface area (Å²) in [7, 11) is 0. The van der Waals surface area contributed by atoms with Crippen LogP contribution in [0, 0.1) is 11.7 Å². The smallest absolute Gasteiger partial charge is 0.257 e. The molecule has 2 rings (SSSR count). The fourth-order valence-corrected chi connectivity index (χ4v) is 2.99. The van der Waals surface area contributed by atoms with Crippen LogP contribution in [-0.2, 0) is 0 Å². The SMILES string of the molecule is CCCC1CCCN(C(=O)c2cc(F)cnc2Cl)CC1. The molecule has 3 nitrogen and oxygen atoms in total. The fourth-order valence-electron chi connectivity index (χ4n) is 2.81. The maximum atomic E-state index is 13.2. The van der Waals surface area contributed by atoms with E-state index in [1.165, 1.54) is 18.9 Å². The molecule has 110 valence electrons. The van der Waals surface area contributed by atoms with E-state index in [0.717, 1.165) is 32.0 Å². The molecule has 2 heterocycles. The van der Waals surface area contributed by atoms with Crippen LogP contribution in [0.25, 0.3) is 0 Å². The minimum atomic E-state index is -0.531. The second-order valence-electron chi connectivity index (χ2n) is 5.37. The number of carbonyl (C=O) groups excluding carboxylic acids is 1. The zero-order chi connectivity index (χ0) is 14.5. The van der Waals surface area contributed by atoms with E-state index in [4.69, 9.17) is 11.6 Å². The summed E-state index contributed by atoms with van der Waals surface area (Å²) in [6, 6.07) is 1.17. The Balaban J connectivity index is 2.07. The van der Waals surface area contributed by atoms with E-state index in [0.29, 0.717) is 12.5 Å². The highest BCUT2D eigenvalue weighted by Gasteiger charge is 2.23. The molecule has 0 aromatic carbocycles. The van der Waals surface area contributed by atoms with Gasteiger partial charge >= 0.3 is 0 Å². The second kappa shape index (κ2) is 7.02. The Labute approximate surface area is 124 Å². The van der Waals surface area contributed by atoms with Crippen LogP contribution in [0.1, 0.15) is 49.4 Å². The quantitative estimate of drug-likeness (QED) is 0.793. The van der Waals surface area contributed by atoms with Gasteiger partial charge in [0.15, 0.2) is 0 Å². The number of carbonyl (C=O) groups is 1. The van der Waals surface area contributed by atoms with Gasteiger partial charge in [-0.2, -0.15) is 0 Å². The van der Waals surface area contributed by atoms with Crippen molar-refractivity contribution in [2.24, 2.45) is 5.92 Å². The molecular weight excluding hydrogens is 279 g/mol. The first kappa shape index (κ1) is 15.2. The average molecular weight is 299 g/mol. The van der Waals surface area contributed by atoms with Crippen molar-refractivity contribution >= 4 is 17.5 Å². The molecule has 1 aromatic rings. The molecule has 1 atom stereocenters. The molecule has 0 aliphatic carbocycles. The summed E-state index contributed by atoms with van der Waals surface area (Å²) in [5, 5.41) is 0.0748. The van der Waals surface area contributed by atoms with Crippen LogP contribution in [0.4, 0.5) is 4.39 Å². The lowest BCUT2D eigenvalue weighted by atomic mass is 9.96. The lowest BCUT2D eigenvalue weighted by molar-refractivity contribution is 0.0759. The van der Waals surface area contributed by atoms with E-state index >= 15 is 0 Å². The Morgan fingerprint density at radius 1 is 1.50 bits per heavy atom. The van der Waals surface area contributed by atoms with Gasteiger partial charge in [-0.05, 0) is 31.2 Å². The van der Waals surface area contributed by atoms with E-state index in [-0.39, 0.29) is 16.6 Å². The van der Waals surface area contributed by atoms with Gasteiger partial charge in [-0.25, -0.2) is 9.37 Å². The number of hydrogen-bond donors (Lipinski definition) is 0. The summed E-state index contributed by atoms with van der Waals surface area (Å²) < 4.78 is 13.2. The molecule has 1 saturated heterocycles. The predicted molar refractivity (Wildman–Crippen MR) is 77.4 cm³/mol. The van der Waals surface area contributed by atoms with Crippen LogP contribution in [0.3, 0.4) is 0 Å². The highest BCUT2D eigenvalue weighted by atomic mass is 35.5. The molecule has 0 radical (unpaired) electrons. The molecule has 0 spiro atoms. The molecule has 0 bridgehead atoms. The number of likely N-dealkylation sites (tertiary alicyclic amines) is 1. The van der Waals surface area contributed by atoms with Crippen molar-refractivity contribution in [2.75, 3.05) is 13.1 Å². The normalized spacial score (nSPS) is 19.8. The Bertz CT molecular complexity index is 481. The van der Waals surface area contributed by atoms with Crippen LogP contribution >= 0.6 is 11.6 Å². The maximum absolute atomic E-state index is 13.2. The lowest BCUT2D eigenvalue weighted by Crippen LogP contribution is -2.32. The summed E-state index contributed by atoms with van der Waals surface area (Å²) >= 11 is 5.90. The fraction of sp³-hybridized carbons (Fsp3) is 0.600. The van der Waals surface area contributed by atoms with Crippen LogP contribution in [0.15, 0.2) is 12.3 Å². The van der Waals surface area contributed by atoms with Gasteiger partial charge in [-0.1, -0.05) is 31.4 Å². The first-order valence-corrected chi connectivity index (χ1v) is 7.60. The molecule has 0 N–H and O–H groups in total. The van der Waals surface area contributed by atoms with Crippen LogP contribution in [0.2, 0.25) is 5.15 Å². The van der Waals surface area contributed by atoms with Gasteiger partial charge in [0, 0.05) is 13.1 Å². The summed E-state index contributed by atoms with van der Waals surface area (Å²) in [6.45, 7) is 3.62. The van der Waals surface area contributed by atoms with Crippen molar-refractivity contribution in [3.63, 3.8) is 0 Å². The number of aromatic nitrogens is 1. The number of nitrogens with zero attached hydrogens (tertiary/aromatic N) is 2. The molecule has 1 fully saturated rings. The van der Waals surface area contributed by atoms with E-state index in [9.17, 15) is 9.18 Å². The van der Waals surface area contributed by atoms with E-state index in [1.54, 1.807) is 4.90 Å². The van der Waals surface area contributed by atoms with Crippen molar-refractivity contribution in [1.29, 1.82) is 0 Å². The van der Waals surface area contributed by atoms with Crippen LogP contribution in [-0.4, -0.2) is 28.9 Å². The first-order valence-electron chi connectivity index (χ1n) is 7.22. The van der Waals surface area contributed by atoms with Crippen molar-refractivity contribution in [1.82, 2.24) is 9.88 Å². The molecule has 1 amide bonds. The van der Waals surface area contributed by atoms with Crippen molar-refractivity contribution in [3.05, 3.63) is 28.8 Å². The topological polar surface area (TPSA) is 33.2 Å². The van der Waals surface area contributed by atoms with E-state index in [2.05, 4.69) is 11.9 Å². The molecule has 0 saturated carbocycles. The monoisotopic (exact) mass is 298 g/mol. The molecule has 1 aromatic heterocycles. The summed E-state index contributed by atoms with van der Waals surface area (Å²) in [5.41, 5.74) is 0.167. The zero-order valence-electron chi connectivity index (χ0n) is 11.7. The van der Waals surface area contributed by atoms with Crippen molar-refractivity contribution in [3.8, 4) is 0 Å². The van der Waals surface area contributed by atoms with E-state index < -0.39 is 5.82 Å². The molecule has 1 aliphatic heterocycles.